The summed E-state index contributed by atoms with van der Waals surface area (Å²) >= 11 is 0. The zero-order valence-electron chi connectivity index (χ0n) is 15.6. The highest BCUT2D eigenvalue weighted by Gasteiger charge is 2.35. The molecule has 0 saturated carbocycles. The summed E-state index contributed by atoms with van der Waals surface area (Å²) in [6.45, 7) is 7.01. The molecule has 140 valence electrons. The van der Waals surface area contributed by atoms with Gasteiger partial charge in [0.1, 0.15) is 17.9 Å². The first-order chi connectivity index (χ1) is 11.7. The van der Waals surface area contributed by atoms with E-state index in [-0.39, 0.29) is 29.9 Å². The number of hydrogen-bond donors (Lipinski definition) is 2. The molecular formula is C19H29NO5. The van der Waals surface area contributed by atoms with Crippen LogP contribution in [0.3, 0.4) is 0 Å². The number of hydrogen-bond acceptors (Lipinski definition) is 6. The Bertz CT molecular complexity index is 563. The lowest BCUT2D eigenvalue weighted by atomic mass is 9.83. The number of methoxy groups -OCH3 is 1. The van der Waals surface area contributed by atoms with Gasteiger partial charge in [-0.2, -0.15) is 0 Å². The van der Waals surface area contributed by atoms with E-state index in [1.165, 1.54) is 14.0 Å². The molecule has 0 saturated heterocycles. The Morgan fingerprint density at radius 3 is 2.28 bits per heavy atom. The van der Waals surface area contributed by atoms with Crippen molar-refractivity contribution in [1.29, 1.82) is 0 Å². The summed E-state index contributed by atoms with van der Waals surface area (Å²) in [5.41, 5.74) is 0.687. The first-order valence-corrected chi connectivity index (χ1v) is 8.31. The summed E-state index contributed by atoms with van der Waals surface area (Å²) in [6, 6.07) is 9.35. The minimum absolute atomic E-state index is 0.134. The van der Waals surface area contributed by atoms with Gasteiger partial charge in [-0.05, 0) is 17.9 Å². The summed E-state index contributed by atoms with van der Waals surface area (Å²) in [5.74, 6) is -0.134. The number of benzene rings is 1. The lowest BCUT2D eigenvalue weighted by Crippen LogP contribution is -2.46. The monoisotopic (exact) mass is 351 g/mol. The molecule has 0 aromatic heterocycles. The number of rotatable bonds is 9. The molecule has 1 rings (SSSR count). The molecule has 0 fully saturated rings. The SMILES string of the molecule is CO[C@H](/C(=N/OCC(=O)Cc1ccccc1)[C@@H](O)[C@@H](C)O)C(C)(C)C. The van der Waals surface area contributed by atoms with Gasteiger partial charge in [0, 0.05) is 13.5 Å². The average Bonchev–Trinajstić information content (AvgIpc) is 2.53. The lowest BCUT2D eigenvalue weighted by molar-refractivity contribution is -0.123. The van der Waals surface area contributed by atoms with Crippen molar-refractivity contribution in [2.45, 2.75) is 52.4 Å². The number of aliphatic hydroxyl groups excluding tert-OH is 2. The quantitative estimate of drug-likeness (QED) is 0.525. The zero-order chi connectivity index (χ0) is 19.0. The fourth-order valence-corrected chi connectivity index (χ4v) is 2.48. The largest absolute Gasteiger partial charge is 0.390 e. The van der Waals surface area contributed by atoms with E-state index in [0.29, 0.717) is 0 Å². The Hall–Kier alpha value is -1.76. The van der Waals surface area contributed by atoms with E-state index >= 15 is 0 Å². The fraction of sp³-hybridized carbons (Fsp3) is 0.579. The van der Waals surface area contributed by atoms with Crippen LogP contribution in [-0.2, 0) is 20.8 Å². The van der Waals surface area contributed by atoms with Gasteiger partial charge in [-0.15, -0.1) is 0 Å². The van der Waals surface area contributed by atoms with Crippen LogP contribution in [0, 0.1) is 5.41 Å². The molecule has 3 atom stereocenters. The second-order valence-electron chi connectivity index (χ2n) is 7.16. The molecule has 0 amide bonds. The first-order valence-electron chi connectivity index (χ1n) is 8.31. The van der Waals surface area contributed by atoms with Crippen molar-refractivity contribution in [2.24, 2.45) is 10.6 Å². The summed E-state index contributed by atoms with van der Waals surface area (Å²) in [4.78, 5) is 17.2. The molecule has 0 unspecified atom stereocenters. The van der Waals surface area contributed by atoms with Gasteiger partial charge in [-0.25, -0.2) is 0 Å². The summed E-state index contributed by atoms with van der Waals surface area (Å²) < 4.78 is 5.43. The van der Waals surface area contributed by atoms with Crippen LogP contribution >= 0.6 is 0 Å². The predicted octanol–water partition coefficient (Wildman–Crippen LogP) is 1.97. The summed E-state index contributed by atoms with van der Waals surface area (Å²) in [6.07, 6.45) is -2.60. The van der Waals surface area contributed by atoms with Crippen molar-refractivity contribution >= 4 is 11.5 Å². The molecule has 2 N–H and O–H groups in total. The molecule has 0 spiro atoms. The lowest BCUT2D eigenvalue weighted by Gasteiger charge is -2.32. The summed E-state index contributed by atoms with van der Waals surface area (Å²) in [7, 11) is 1.50. The number of Topliss-reactive ketones (excluding diaryl/α,β-unsaturated/α-hetero) is 1. The third-order valence-corrected chi connectivity index (χ3v) is 3.69. The molecule has 6 heteroatoms. The van der Waals surface area contributed by atoms with Gasteiger partial charge in [0.15, 0.2) is 12.4 Å². The normalized spacial score (nSPS) is 16.2. The maximum Gasteiger partial charge on any atom is 0.177 e. The van der Waals surface area contributed by atoms with Crippen LogP contribution in [0.2, 0.25) is 0 Å². The molecular weight excluding hydrogens is 322 g/mol. The number of ketones is 1. The van der Waals surface area contributed by atoms with Gasteiger partial charge in [0.05, 0.1) is 6.10 Å². The van der Waals surface area contributed by atoms with E-state index in [9.17, 15) is 15.0 Å². The van der Waals surface area contributed by atoms with Crippen LogP contribution in [0.25, 0.3) is 0 Å². The Morgan fingerprint density at radius 1 is 1.20 bits per heavy atom. The van der Waals surface area contributed by atoms with Gasteiger partial charge < -0.3 is 19.8 Å². The van der Waals surface area contributed by atoms with Crippen LogP contribution in [0.5, 0.6) is 0 Å². The van der Waals surface area contributed by atoms with Gasteiger partial charge in [0.25, 0.3) is 0 Å². The number of nitrogens with zero attached hydrogens (tertiary/aromatic N) is 1. The Morgan fingerprint density at radius 2 is 1.80 bits per heavy atom. The number of carbonyl (C=O) groups excluding carboxylic acids is 1. The number of aliphatic hydroxyl groups is 2. The third kappa shape index (κ3) is 6.94. The molecule has 0 aliphatic heterocycles. The van der Waals surface area contributed by atoms with Crippen LogP contribution < -0.4 is 0 Å². The molecule has 0 radical (unpaired) electrons. The minimum Gasteiger partial charge on any atom is -0.390 e. The molecule has 25 heavy (non-hydrogen) atoms. The Labute approximate surface area is 149 Å². The maximum absolute atomic E-state index is 12.0. The standard InChI is InChI=1S/C19H29NO5/c1-13(21)17(23)16(18(24-5)19(2,3)4)20-25-12-15(22)11-14-9-7-6-8-10-14/h6-10,13,17-18,21,23H,11-12H2,1-5H3/b20-16+/t13-,17+,18-/m1/s1. The van der Waals surface area contributed by atoms with E-state index in [0.717, 1.165) is 5.56 Å². The molecule has 0 aliphatic rings. The first kappa shape index (κ1) is 21.3. The van der Waals surface area contributed by atoms with Crippen LogP contribution in [-0.4, -0.2) is 53.7 Å². The summed E-state index contributed by atoms with van der Waals surface area (Å²) in [5, 5.41) is 23.8. The zero-order valence-corrected chi connectivity index (χ0v) is 15.6. The van der Waals surface area contributed by atoms with Crippen molar-refractivity contribution in [3.63, 3.8) is 0 Å². The molecule has 0 bridgehead atoms. The molecule has 0 aliphatic carbocycles. The van der Waals surface area contributed by atoms with Crippen molar-refractivity contribution in [3.8, 4) is 0 Å². The van der Waals surface area contributed by atoms with E-state index in [2.05, 4.69) is 5.16 Å². The molecule has 1 aromatic carbocycles. The van der Waals surface area contributed by atoms with Gasteiger partial charge in [-0.1, -0.05) is 56.3 Å². The molecule has 6 nitrogen and oxygen atoms in total. The highest BCUT2D eigenvalue weighted by atomic mass is 16.6. The fourth-order valence-electron chi connectivity index (χ4n) is 2.48. The third-order valence-electron chi connectivity index (χ3n) is 3.69. The van der Waals surface area contributed by atoms with Gasteiger partial charge >= 0.3 is 0 Å². The minimum atomic E-state index is -1.24. The Balaban J connectivity index is 2.79. The van der Waals surface area contributed by atoms with Crippen molar-refractivity contribution in [2.75, 3.05) is 13.7 Å². The topological polar surface area (TPSA) is 88.4 Å². The van der Waals surface area contributed by atoms with Gasteiger partial charge in [0.2, 0.25) is 0 Å². The maximum atomic E-state index is 12.0. The Kier molecular flexibility index (Phi) is 8.22. The highest BCUT2D eigenvalue weighted by Crippen LogP contribution is 2.25. The predicted molar refractivity (Wildman–Crippen MR) is 96.5 cm³/mol. The number of oxime groups is 1. The van der Waals surface area contributed by atoms with Crippen molar-refractivity contribution < 1.29 is 24.6 Å². The highest BCUT2D eigenvalue weighted by molar-refractivity contribution is 5.93. The van der Waals surface area contributed by atoms with E-state index in [1.54, 1.807) is 0 Å². The van der Waals surface area contributed by atoms with Crippen molar-refractivity contribution in [1.82, 2.24) is 0 Å². The second-order valence-corrected chi connectivity index (χ2v) is 7.16. The van der Waals surface area contributed by atoms with Crippen LogP contribution in [0.15, 0.2) is 35.5 Å². The molecule has 0 heterocycles. The number of ether oxygens (including phenoxy) is 1. The smallest absolute Gasteiger partial charge is 0.177 e. The number of carbonyl (C=O) groups is 1. The van der Waals surface area contributed by atoms with Crippen LogP contribution in [0.4, 0.5) is 0 Å². The second kappa shape index (κ2) is 9.65. The van der Waals surface area contributed by atoms with Crippen LogP contribution in [0.1, 0.15) is 33.3 Å². The van der Waals surface area contributed by atoms with Gasteiger partial charge in [-0.3, -0.25) is 4.79 Å². The molecule has 1 aromatic rings. The average molecular weight is 351 g/mol. The van der Waals surface area contributed by atoms with E-state index < -0.39 is 18.3 Å². The van der Waals surface area contributed by atoms with Crippen molar-refractivity contribution in [3.05, 3.63) is 35.9 Å². The van der Waals surface area contributed by atoms with E-state index in [1.807, 2.05) is 51.1 Å². The van der Waals surface area contributed by atoms with E-state index in [4.69, 9.17) is 9.57 Å².